The third kappa shape index (κ3) is 2.09. The van der Waals surface area contributed by atoms with E-state index in [2.05, 4.69) is 25.2 Å². The van der Waals surface area contributed by atoms with Crippen LogP contribution in [0.1, 0.15) is 38.2 Å². The maximum atomic E-state index is 6.10. The van der Waals surface area contributed by atoms with Gasteiger partial charge in [-0.15, -0.1) is 0 Å². The third-order valence-corrected chi connectivity index (χ3v) is 5.26. The lowest BCUT2D eigenvalue weighted by molar-refractivity contribution is 0.0495. The Morgan fingerprint density at radius 1 is 1.35 bits per heavy atom. The molecule has 3 unspecified atom stereocenters. The zero-order valence-electron chi connectivity index (χ0n) is 10.6. The fraction of sp³-hybridized carbons (Fsp3) is 0.571. The quantitative estimate of drug-likeness (QED) is 0.855. The van der Waals surface area contributed by atoms with Gasteiger partial charge in [-0.25, -0.2) is 0 Å². The van der Waals surface area contributed by atoms with Gasteiger partial charge in [-0.05, 0) is 48.9 Å². The van der Waals surface area contributed by atoms with Crippen LogP contribution in [0.5, 0.6) is 0 Å². The van der Waals surface area contributed by atoms with Gasteiger partial charge in [-0.2, -0.15) is 0 Å². The van der Waals surface area contributed by atoms with Crippen LogP contribution in [0.15, 0.2) is 18.2 Å². The van der Waals surface area contributed by atoms with Crippen molar-refractivity contribution in [3.05, 3.63) is 33.8 Å². The van der Waals surface area contributed by atoms with E-state index in [1.54, 1.807) is 0 Å². The summed E-state index contributed by atoms with van der Waals surface area (Å²) in [4.78, 5) is 0. The highest BCUT2D eigenvalue weighted by Crippen LogP contribution is 2.55. The normalized spacial score (nSPS) is 32.3. The van der Waals surface area contributed by atoms with Gasteiger partial charge in [0.25, 0.3) is 0 Å². The summed E-state index contributed by atoms with van der Waals surface area (Å²) in [6, 6.07) is 6.64. The minimum Gasteiger partial charge on any atom is -0.316 e. The Labute approximate surface area is 114 Å². The lowest BCUT2D eigenvalue weighted by Crippen LogP contribution is -2.55. The van der Waals surface area contributed by atoms with E-state index in [-0.39, 0.29) is 0 Å². The number of hydrogen-bond acceptors (Lipinski definition) is 1. The molecule has 0 aromatic heterocycles. The lowest BCUT2D eigenvalue weighted by atomic mass is 9.54. The summed E-state index contributed by atoms with van der Waals surface area (Å²) in [5, 5.41) is 4.71. The fourth-order valence-electron chi connectivity index (χ4n) is 3.04. The average molecular weight is 272 g/mol. The van der Waals surface area contributed by atoms with Crippen LogP contribution >= 0.6 is 23.2 Å². The van der Waals surface area contributed by atoms with E-state index in [1.165, 1.54) is 18.4 Å². The molecule has 1 N–H and O–H groups in total. The van der Waals surface area contributed by atoms with Gasteiger partial charge in [0, 0.05) is 6.04 Å². The monoisotopic (exact) mass is 271 g/mol. The fourth-order valence-corrected chi connectivity index (χ4v) is 3.35. The van der Waals surface area contributed by atoms with Crippen LogP contribution < -0.4 is 5.32 Å². The molecule has 1 aliphatic rings. The van der Waals surface area contributed by atoms with Crippen molar-refractivity contribution in [1.29, 1.82) is 0 Å². The van der Waals surface area contributed by atoms with Crippen molar-refractivity contribution in [1.82, 2.24) is 5.32 Å². The van der Waals surface area contributed by atoms with Crippen LogP contribution in [-0.4, -0.2) is 13.1 Å². The van der Waals surface area contributed by atoms with Crippen molar-refractivity contribution in [2.75, 3.05) is 7.05 Å². The van der Waals surface area contributed by atoms with Crippen LogP contribution in [0.2, 0.25) is 10.0 Å². The predicted molar refractivity (Wildman–Crippen MR) is 75.1 cm³/mol. The van der Waals surface area contributed by atoms with E-state index in [0.717, 1.165) is 0 Å². The summed E-state index contributed by atoms with van der Waals surface area (Å²) in [7, 11) is 2.05. The molecule has 1 aromatic carbocycles. The van der Waals surface area contributed by atoms with Crippen LogP contribution in [-0.2, 0) is 0 Å². The van der Waals surface area contributed by atoms with E-state index < -0.39 is 0 Å². The Hall–Kier alpha value is -0.240. The Balaban J connectivity index is 2.27. The summed E-state index contributed by atoms with van der Waals surface area (Å²) >= 11 is 12.1. The summed E-state index contributed by atoms with van der Waals surface area (Å²) in [5.41, 5.74) is 1.64. The highest BCUT2D eigenvalue weighted by Gasteiger charge is 2.49. The molecule has 0 bridgehead atoms. The van der Waals surface area contributed by atoms with E-state index in [0.29, 0.717) is 27.4 Å². The van der Waals surface area contributed by atoms with Gasteiger partial charge in [-0.1, -0.05) is 43.1 Å². The van der Waals surface area contributed by atoms with Gasteiger partial charge < -0.3 is 5.32 Å². The Morgan fingerprint density at radius 2 is 2.06 bits per heavy atom. The van der Waals surface area contributed by atoms with Crippen molar-refractivity contribution in [3.63, 3.8) is 0 Å². The van der Waals surface area contributed by atoms with Gasteiger partial charge in [0.1, 0.15) is 0 Å². The Morgan fingerprint density at radius 3 is 2.59 bits per heavy atom. The summed E-state index contributed by atoms with van der Waals surface area (Å²) in [6.45, 7) is 4.61. The summed E-state index contributed by atoms with van der Waals surface area (Å²) < 4.78 is 0. The molecule has 3 heteroatoms. The maximum Gasteiger partial charge on any atom is 0.0595 e. The molecule has 1 aliphatic carbocycles. The largest absolute Gasteiger partial charge is 0.316 e. The molecule has 1 nitrogen and oxygen atoms in total. The van der Waals surface area contributed by atoms with Crippen molar-refractivity contribution < 1.29 is 0 Å². The first kappa shape index (κ1) is 13.2. The highest BCUT2D eigenvalue weighted by molar-refractivity contribution is 6.42. The highest BCUT2D eigenvalue weighted by atomic mass is 35.5. The molecule has 3 atom stereocenters. The number of benzene rings is 1. The molecular formula is C14H19Cl2N. The topological polar surface area (TPSA) is 12.0 Å². The molecule has 2 rings (SSSR count). The molecule has 0 radical (unpaired) electrons. The number of halogens is 2. The molecule has 0 spiro atoms. The number of nitrogens with one attached hydrogen (secondary N) is 1. The standard InChI is InChI=1S/C14H19Cl2N/c1-4-14(2)10(8-13(14)17-3)9-5-6-11(15)12(16)7-9/h5-7,10,13,17H,4,8H2,1-3H3. The predicted octanol–water partition coefficient (Wildman–Crippen LogP) is 4.49. The molecule has 0 saturated heterocycles. The van der Waals surface area contributed by atoms with Gasteiger partial charge in [-0.3, -0.25) is 0 Å². The van der Waals surface area contributed by atoms with Crippen LogP contribution in [0.3, 0.4) is 0 Å². The van der Waals surface area contributed by atoms with Crippen molar-refractivity contribution >= 4 is 23.2 Å². The van der Waals surface area contributed by atoms with E-state index in [4.69, 9.17) is 23.2 Å². The SMILES string of the molecule is CCC1(C)C(NC)CC1c1ccc(Cl)c(Cl)c1. The van der Waals surface area contributed by atoms with Crippen molar-refractivity contribution in [2.24, 2.45) is 5.41 Å². The van der Waals surface area contributed by atoms with Crippen LogP contribution in [0.4, 0.5) is 0 Å². The minimum atomic E-state index is 0.325. The van der Waals surface area contributed by atoms with E-state index in [9.17, 15) is 0 Å². The molecule has 0 aliphatic heterocycles. The number of rotatable bonds is 3. The van der Waals surface area contributed by atoms with Crippen LogP contribution in [0.25, 0.3) is 0 Å². The average Bonchev–Trinajstić information content (AvgIpc) is 2.32. The first-order valence-corrected chi connectivity index (χ1v) is 6.90. The second kappa shape index (κ2) is 4.79. The van der Waals surface area contributed by atoms with Crippen molar-refractivity contribution in [3.8, 4) is 0 Å². The number of hydrogen-bond donors (Lipinski definition) is 1. The minimum absolute atomic E-state index is 0.325. The molecule has 17 heavy (non-hydrogen) atoms. The summed E-state index contributed by atoms with van der Waals surface area (Å²) in [5.74, 6) is 0.583. The first-order valence-electron chi connectivity index (χ1n) is 6.15. The smallest absolute Gasteiger partial charge is 0.0595 e. The van der Waals surface area contributed by atoms with Gasteiger partial charge in [0.2, 0.25) is 0 Å². The third-order valence-electron chi connectivity index (χ3n) is 4.52. The van der Waals surface area contributed by atoms with Gasteiger partial charge in [0.05, 0.1) is 10.0 Å². The molecule has 1 fully saturated rings. The molecule has 0 heterocycles. The van der Waals surface area contributed by atoms with Gasteiger partial charge in [0.15, 0.2) is 0 Å². The summed E-state index contributed by atoms with van der Waals surface area (Å²) in [6.07, 6.45) is 2.35. The first-order chi connectivity index (χ1) is 8.02. The zero-order chi connectivity index (χ0) is 12.6. The Bertz CT molecular complexity index is 419. The second-order valence-electron chi connectivity index (χ2n) is 5.16. The zero-order valence-corrected chi connectivity index (χ0v) is 12.1. The molecule has 1 aromatic rings. The Kier molecular flexibility index (Phi) is 3.72. The maximum absolute atomic E-state index is 6.10. The molecule has 0 amide bonds. The van der Waals surface area contributed by atoms with E-state index >= 15 is 0 Å². The molecule has 1 saturated carbocycles. The van der Waals surface area contributed by atoms with E-state index in [1.807, 2.05) is 19.2 Å². The second-order valence-corrected chi connectivity index (χ2v) is 5.98. The molecule has 94 valence electrons. The molecular weight excluding hydrogens is 253 g/mol. The lowest BCUT2D eigenvalue weighted by Gasteiger charge is -2.54. The van der Waals surface area contributed by atoms with Crippen molar-refractivity contribution in [2.45, 2.75) is 38.6 Å². The van der Waals surface area contributed by atoms with Crippen LogP contribution in [0, 0.1) is 5.41 Å². The van der Waals surface area contributed by atoms with Gasteiger partial charge >= 0.3 is 0 Å².